The van der Waals surface area contributed by atoms with Crippen molar-refractivity contribution in [3.63, 3.8) is 0 Å². The number of ketones is 1. The van der Waals surface area contributed by atoms with Gasteiger partial charge in [0.1, 0.15) is 5.78 Å². The highest BCUT2D eigenvalue weighted by Crippen LogP contribution is 2.16. The molecule has 1 heterocycles. The maximum Gasteiger partial charge on any atom is 0.149 e. The predicted molar refractivity (Wildman–Crippen MR) is 55.4 cm³/mol. The van der Waals surface area contributed by atoms with E-state index >= 15 is 0 Å². The highest BCUT2D eigenvalue weighted by Gasteiger charge is 2.38. The van der Waals surface area contributed by atoms with Gasteiger partial charge in [-0.3, -0.25) is 19.9 Å². The summed E-state index contributed by atoms with van der Waals surface area (Å²) < 4.78 is 0. The molecule has 0 aromatic heterocycles. The zero-order chi connectivity index (χ0) is 10.9. The molecule has 1 aliphatic heterocycles. The van der Waals surface area contributed by atoms with Crippen molar-refractivity contribution < 1.29 is 4.79 Å². The molecule has 0 aliphatic carbocycles. The Balaban J connectivity index is 2.73. The van der Waals surface area contributed by atoms with Crippen molar-refractivity contribution in [1.29, 1.82) is 0 Å². The third-order valence-corrected chi connectivity index (χ3v) is 2.55. The van der Waals surface area contributed by atoms with Crippen LogP contribution in [0.3, 0.4) is 0 Å². The minimum Gasteiger partial charge on any atom is -0.316 e. The monoisotopic (exact) mass is 200 g/mol. The van der Waals surface area contributed by atoms with Crippen molar-refractivity contribution >= 4 is 5.78 Å². The summed E-state index contributed by atoms with van der Waals surface area (Å²) in [6.07, 6.45) is -0.0756. The third kappa shape index (κ3) is 2.30. The van der Waals surface area contributed by atoms with Crippen LogP contribution in [0.15, 0.2) is 0 Å². The first kappa shape index (κ1) is 11.6. The van der Waals surface area contributed by atoms with Crippen LogP contribution in [0.2, 0.25) is 0 Å². The van der Waals surface area contributed by atoms with Gasteiger partial charge in [0.15, 0.2) is 0 Å². The van der Waals surface area contributed by atoms with Crippen molar-refractivity contribution in [3.8, 4) is 0 Å². The Morgan fingerprint density at radius 1 is 1.50 bits per heavy atom. The largest absolute Gasteiger partial charge is 0.316 e. The zero-order valence-corrected chi connectivity index (χ0v) is 9.32. The van der Waals surface area contributed by atoms with Crippen LogP contribution in [0.25, 0.3) is 0 Å². The van der Waals surface area contributed by atoms with Gasteiger partial charge in [0.05, 0.1) is 25.0 Å². The molecule has 82 valence electrons. The van der Waals surface area contributed by atoms with Crippen molar-refractivity contribution in [2.75, 3.05) is 20.8 Å². The number of Topliss-reactive ketones (excluding diaryl/α,β-unsaturated/α-hetero) is 1. The molecule has 1 saturated heterocycles. The molecule has 3 N–H and O–H groups in total. The molecule has 3 unspecified atom stereocenters. The van der Waals surface area contributed by atoms with Gasteiger partial charge in [-0.15, -0.1) is 0 Å². The number of likely N-dealkylation sites (N-methyl/N-ethyl adjacent to an activating group) is 2. The van der Waals surface area contributed by atoms with E-state index in [4.69, 9.17) is 5.73 Å². The molecule has 1 rings (SSSR count). The van der Waals surface area contributed by atoms with Crippen LogP contribution in [0.4, 0.5) is 0 Å². The molecular formula is C9H20N4O. The van der Waals surface area contributed by atoms with E-state index in [0.29, 0.717) is 0 Å². The van der Waals surface area contributed by atoms with Gasteiger partial charge in [0, 0.05) is 0 Å². The molecule has 0 bridgehead atoms. The summed E-state index contributed by atoms with van der Waals surface area (Å²) in [5, 5.41) is 3.19. The summed E-state index contributed by atoms with van der Waals surface area (Å²) in [4.78, 5) is 15.6. The molecule has 0 aromatic rings. The first-order valence-electron chi connectivity index (χ1n) is 4.86. The van der Waals surface area contributed by atoms with Crippen LogP contribution in [0, 0.1) is 0 Å². The van der Waals surface area contributed by atoms with E-state index in [0.717, 1.165) is 6.67 Å². The first-order valence-corrected chi connectivity index (χ1v) is 4.86. The van der Waals surface area contributed by atoms with Gasteiger partial charge < -0.3 is 5.73 Å². The quantitative estimate of drug-likeness (QED) is 0.572. The van der Waals surface area contributed by atoms with E-state index in [1.807, 2.05) is 25.9 Å². The zero-order valence-electron chi connectivity index (χ0n) is 9.32. The average Bonchev–Trinajstić information content (AvgIpc) is 2.25. The predicted octanol–water partition coefficient (Wildman–Crippen LogP) is -1.00. The van der Waals surface area contributed by atoms with Crippen LogP contribution in [-0.2, 0) is 4.79 Å². The second-order valence-corrected chi connectivity index (χ2v) is 4.11. The van der Waals surface area contributed by atoms with Gasteiger partial charge in [0.25, 0.3) is 0 Å². The van der Waals surface area contributed by atoms with E-state index in [1.54, 1.807) is 6.92 Å². The fraction of sp³-hybridized carbons (Fsp3) is 0.889. The lowest BCUT2D eigenvalue weighted by molar-refractivity contribution is -0.121. The van der Waals surface area contributed by atoms with Crippen molar-refractivity contribution in [1.82, 2.24) is 15.1 Å². The molecule has 0 amide bonds. The number of carbonyl (C=O) groups is 1. The summed E-state index contributed by atoms with van der Waals surface area (Å²) in [5.41, 5.74) is 5.67. The molecule has 0 aromatic carbocycles. The molecule has 0 radical (unpaired) electrons. The maximum absolute atomic E-state index is 11.4. The molecule has 14 heavy (non-hydrogen) atoms. The van der Waals surface area contributed by atoms with E-state index in [9.17, 15) is 4.79 Å². The fourth-order valence-electron chi connectivity index (χ4n) is 2.03. The highest BCUT2D eigenvalue weighted by molar-refractivity contribution is 5.82. The lowest BCUT2D eigenvalue weighted by Gasteiger charge is -2.26. The van der Waals surface area contributed by atoms with Crippen molar-refractivity contribution in [2.45, 2.75) is 32.2 Å². The SMILES string of the molecule is CC(=O)C1C(NC(C)N)N(C)CN1C. The van der Waals surface area contributed by atoms with Crippen molar-refractivity contribution in [3.05, 3.63) is 0 Å². The second kappa shape index (κ2) is 4.35. The standard InChI is InChI=1S/C9H20N4O/c1-6(14)8-9(11-7(2)10)13(4)5-12(8)3/h7-9,11H,5,10H2,1-4H3. The smallest absolute Gasteiger partial charge is 0.149 e. The topological polar surface area (TPSA) is 61.6 Å². The van der Waals surface area contributed by atoms with E-state index in [2.05, 4.69) is 10.2 Å². The van der Waals surface area contributed by atoms with Crippen LogP contribution in [0.5, 0.6) is 0 Å². The first-order chi connectivity index (χ1) is 6.43. The third-order valence-electron chi connectivity index (χ3n) is 2.55. The minimum atomic E-state index is -0.101. The van der Waals surface area contributed by atoms with Gasteiger partial charge in [-0.05, 0) is 27.9 Å². The minimum absolute atomic E-state index is 0.0255. The van der Waals surface area contributed by atoms with Gasteiger partial charge >= 0.3 is 0 Å². The molecule has 0 spiro atoms. The molecule has 5 nitrogen and oxygen atoms in total. The number of carbonyl (C=O) groups excluding carboxylic acids is 1. The Morgan fingerprint density at radius 3 is 2.50 bits per heavy atom. The number of rotatable bonds is 3. The molecule has 1 aliphatic rings. The van der Waals surface area contributed by atoms with Crippen molar-refractivity contribution in [2.24, 2.45) is 5.73 Å². The normalized spacial score (nSPS) is 32.1. The number of hydrogen-bond donors (Lipinski definition) is 2. The Bertz CT molecular complexity index is 219. The maximum atomic E-state index is 11.4. The summed E-state index contributed by atoms with van der Waals surface area (Å²) in [7, 11) is 3.94. The molecule has 1 fully saturated rings. The number of hydrogen-bond acceptors (Lipinski definition) is 5. The summed E-state index contributed by atoms with van der Waals surface area (Å²) in [6, 6.07) is -0.0917. The molecule has 5 heteroatoms. The molecule has 0 saturated carbocycles. The van der Waals surface area contributed by atoms with Crippen LogP contribution in [-0.4, -0.2) is 54.7 Å². The van der Waals surface area contributed by atoms with E-state index in [-0.39, 0.29) is 24.2 Å². The Labute approximate surface area is 85.2 Å². The van der Waals surface area contributed by atoms with Gasteiger partial charge in [-0.2, -0.15) is 0 Å². The number of nitrogens with one attached hydrogen (secondary N) is 1. The summed E-state index contributed by atoms with van der Waals surface area (Å²) >= 11 is 0. The fourth-order valence-corrected chi connectivity index (χ4v) is 2.03. The average molecular weight is 200 g/mol. The van der Waals surface area contributed by atoms with Gasteiger partial charge in [-0.1, -0.05) is 0 Å². The Morgan fingerprint density at radius 2 is 2.07 bits per heavy atom. The Hall–Kier alpha value is -0.490. The summed E-state index contributed by atoms with van der Waals surface area (Å²) in [5.74, 6) is 0.176. The Kier molecular flexibility index (Phi) is 3.60. The van der Waals surface area contributed by atoms with Crippen LogP contribution >= 0.6 is 0 Å². The number of nitrogens with two attached hydrogens (primary N) is 1. The highest BCUT2D eigenvalue weighted by atomic mass is 16.1. The lowest BCUT2D eigenvalue weighted by Crippen LogP contribution is -2.54. The summed E-state index contributed by atoms with van der Waals surface area (Å²) in [6.45, 7) is 4.29. The number of nitrogens with zero attached hydrogens (tertiary/aromatic N) is 2. The van der Waals surface area contributed by atoms with Gasteiger partial charge in [0.2, 0.25) is 0 Å². The van der Waals surface area contributed by atoms with Gasteiger partial charge in [-0.25, -0.2) is 0 Å². The van der Waals surface area contributed by atoms with Crippen LogP contribution < -0.4 is 11.1 Å². The molecule has 3 atom stereocenters. The lowest BCUT2D eigenvalue weighted by atomic mass is 10.1. The van der Waals surface area contributed by atoms with E-state index < -0.39 is 0 Å². The second-order valence-electron chi connectivity index (χ2n) is 4.11. The van der Waals surface area contributed by atoms with Crippen LogP contribution in [0.1, 0.15) is 13.8 Å². The molecular weight excluding hydrogens is 180 g/mol. The van der Waals surface area contributed by atoms with E-state index in [1.165, 1.54) is 0 Å².